The van der Waals surface area contributed by atoms with Gasteiger partial charge in [0.2, 0.25) is 0 Å². The molecule has 0 bridgehead atoms. The Morgan fingerprint density at radius 3 is 2.72 bits per heavy atom. The lowest BCUT2D eigenvalue weighted by atomic mass is 9.92. The molecule has 2 aliphatic rings. The van der Waals surface area contributed by atoms with Crippen LogP contribution < -0.4 is 4.90 Å². The van der Waals surface area contributed by atoms with Gasteiger partial charge < -0.3 is 14.5 Å². The lowest BCUT2D eigenvalue weighted by Crippen LogP contribution is -2.55. The zero-order chi connectivity index (χ0) is 22.1. The summed E-state index contributed by atoms with van der Waals surface area (Å²) in [7, 11) is 0. The number of halogens is 1. The van der Waals surface area contributed by atoms with E-state index < -0.39 is 5.60 Å². The van der Waals surface area contributed by atoms with Gasteiger partial charge in [-0.3, -0.25) is 14.6 Å². The lowest BCUT2D eigenvalue weighted by Gasteiger charge is -2.42. The Morgan fingerprint density at radius 1 is 1.03 bits per heavy atom. The second kappa shape index (κ2) is 8.31. The van der Waals surface area contributed by atoms with Crippen molar-refractivity contribution in [2.45, 2.75) is 24.9 Å². The number of aromatic nitrogens is 1. The molecule has 5 rings (SSSR count). The standard InChI is InChI=1S/C25H24FN3O3/c26-18-7-9-19(10-8-18)29-17-25(32-16-23(29)30)11-3-14-28(15-12-25)24(31)21-4-1-6-22-20(21)5-2-13-27-22/h1-2,4-10,13H,3,11-12,14-17H2/t25-/m0/s1. The van der Waals surface area contributed by atoms with Crippen LogP contribution in [0, 0.1) is 5.82 Å². The van der Waals surface area contributed by atoms with Gasteiger partial charge in [-0.2, -0.15) is 0 Å². The van der Waals surface area contributed by atoms with Gasteiger partial charge in [0.25, 0.3) is 11.8 Å². The van der Waals surface area contributed by atoms with Crippen LogP contribution in [0.1, 0.15) is 29.6 Å². The van der Waals surface area contributed by atoms with Crippen LogP contribution in [-0.4, -0.2) is 53.5 Å². The predicted octanol–water partition coefficient (Wildman–Crippen LogP) is 3.80. The van der Waals surface area contributed by atoms with Crippen molar-refractivity contribution in [2.24, 2.45) is 0 Å². The summed E-state index contributed by atoms with van der Waals surface area (Å²) in [6.07, 6.45) is 3.88. The Bertz CT molecular complexity index is 1160. The first-order valence-corrected chi connectivity index (χ1v) is 10.9. The monoisotopic (exact) mass is 433 g/mol. The van der Waals surface area contributed by atoms with Crippen LogP contribution in [-0.2, 0) is 9.53 Å². The number of likely N-dealkylation sites (tertiary alicyclic amines) is 1. The third-order valence-electron chi connectivity index (χ3n) is 6.45. The van der Waals surface area contributed by atoms with Gasteiger partial charge in [0.1, 0.15) is 12.4 Å². The fourth-order valence-electron chi connectivity index (χ4n) is 4.70. The number of carbonyl (C=O) groups excluding carboxylic acids is 2. The molecule has 2 aliphatic heterocycles. The number of ether oxygens (including phenoxy) is 1. The van der Waals surface area contributed by atoms with E-state index in [1.165, 1.54) is 12.1 Å². The number of amides is 2. The average molecular weight is 433 g/mol. The number of nitrogens with zero attached hydrogens (tertiary/aromatic N) is 3. The summed E-state index contributed by atoms with van der Waals surface area (Å²) in [5.74, 6) is -0.484. The summed E-state index contributed by atoms with van der Waals surface area (Å²) in [6.45, 7) is 1.56. The normalized spacial score (nSPS) is 21.7. The van der Waals surface area contributed by atoms with E-state index in [2.05, 4.69) is 4.98 Å². The van der Waals surface area contributed by atoms with E-state index in [-0.39, 0.29) is 24.2 Å². The highest BCUT2D eigenvalue weighted by atomic mass is 19.1. The first-order chi connectivity index (χ1) is 15.5. The maximum absolute atomic E-state index is 13.4. The van der Waals surface area contributed by atoms with Gasteiger partial charge in [0, 0.05) is 35.9 Å². The Labute approximate surface area is 185 Å². The van der Waals surface area contributed by atoms with Crippen LogP contribution in [0.5, 0.6) is 0 Å². The molecule has 164 valence electrons. The van der Waals surface area contributed by atoms with Crippen molar-refractivity contribution in [3.63, 3.8) is 0 Å². The van der Waals surface area contributed by atoms with Crippen LogP contribution >= 0.6 is 0 Å². The number of morpholine rings is 1. The summed E-state index contributed by atoms with van der Waals surface area (Å²) in [5, 5.41) is 0.848. The maximum atomic E-state index is 13.4. The summed E-state index contributed by atoms with van der Waals surface area (Å²) < 4.78 is 19.4. The minimum atomic E-state index is -0.516. The number of anilines is 1. The average Bonchev–Trinajstić information content (AvgIpc) is 3.03. The highest BCUT2D eigenvalue weighted by Gasteiger charge is 2.42. The number of pyridine rings is 1. The Kier molecular flexibility index (Phi) is 5.35. The first kappa shape index (κ1) is 20.6. The Balaban J connectivity index is 1.35. The number of rotatable bonds is 2. The van der Waals surface area contributed by atoms with Crippen molar-refractivity contribution < 1.29 is 18.7 Å². The summed E-state index contributed by atoms with van der Waals surface area (Å²) in [6, 6.07) is 15.3. The number of hydrogen-bond acceptors (Lipinski definition) is 4. The largest absolute Gasteiger partial charge is 0.363 e. The number of carbonyl (C=O) groups is 2. The van der Waals surface area contributed by atoms with E-state index >= 15 is 0 Å². The molecule has 3 heterocycles. The topological polar surface area (TPSA) is 62.7 Å². The van der Waals surface area contributed by atoms with Crippen molar-refractivity contribution in [1.29, 1.82) is 0 Å². The molecule has 2 saturated heterocycles. The van der Waals surface area contributed by atoms with Crippen molar-refractivity contribution in [3.8, 4) is 0 Å². The fraction of sp³-hybridized carbons (Fsp3) is 0.320. The van der Waals surface area contributed by atoms with Gasteiger partial charge in [-0.25, -0.2) is 4.39 Å². The van der Waals surface area contributed by atoms with Gasteiger partial charge in [-0.05, 0) is 61.7 Å². The molecule has 0 unspecified atom stereocenters. The molecule has 0 N–H and O–H groups in total. The molecule has 6 nitrogen and oxygen atoms in total. The number of hydrogen-bond donors (Lipinski definition) is 0. The van der Waals surface area contributed by atoms with E-state index in [1.54, 1.807) is 23.2 Å². The molecule has 0 aliphatic carbocycles. The predicted molar refractivity (Wildman–Crippen MR) is 119 cm³/mol. The third-order valence-corrected chi connectivity index (χ3v) is 6.45. The van der Waals surface area contributed by atoms with E-state index in [1.807, 2.05) is 35.2 Å². The summed E-state index contributed by atoms with van der Waals surface area (Å²) >= 11 is 0. The molecular formula is C25H24FN3O3. The second-order valence-corrected chi connectivity index (χ2v) is 8.45. The van der Waals surface area contributed by atoms with Gasteiger partial charge in [0.15, 0.2) is 0 Å². The molecular weight excluding hydrogens is 409 g/mol. The smallest absolute Gasteiger partial charge is 0.254 e. The fourth-order valence-corrected chi connectivity index (χ4v) is 4.70. The third kappa shape index (κ3) is 3.84. The van der Waals surface area contributed by atoms with Crippen LogP contribution in [0.25, 0.3) is 10.9 Å². The molecule has 0 radical (unpaired) electrons. The highest BCUT2D eigenvalue weighted by molar-refractivity contribution is 6.06. The molecule has 2 amide bonds. The van der Waals surface area contributed by atoms with Crippen molar-refractivity contribution >= 4 is 28.4 Å². The Morgan fingerprint density at radius 2 is 1.88 bits per heavy atom. The number of fused-ring (bicyclic) bond motifs is 1. The van der Waals surface area contributed by atoms with Gasteiger partial charge in [0.05, 0.1) is 17.7 Å². The van der Waals surface area contributed by atoms with E-state index in [0.29, 0.717) is 37.3 Å². The molecule has 1 spiro atoms. The SMILES string of the molecule is O=C(c1cccc2ncccc12)N1CCC[C@]2(CC1)CN(c1ccc(F)cc1)C(=O)CO2. The quantitative estimate of drug-likeness (QED) is 0.617. The number of benzene rings is 2. The van der Waals surface area contributed by atoms with Crippen molar-refractivity contribution in [2.75, 3.05) is 31.1 Å². The van der Waals surface area contributed by atoms with Crippen LogP contribution in [0.4, 0.5) is 10.1 Å². The molecule has 2 aromatic carbocycles. The zero-order valence-electron chi connectivity index (χ0n) is 17.7. The van der Waals surface area contributed by atoms with Crippen molar-refractivity contribution in [3.05, 3.63) is 72.2 Å². The Hall–Kier alpha value is -3.32. The molecule has 3 aromatic rings. The van der Waals surface area contributed by atoms with E-state index in [4.69, 9.17) is 4.74 Å². The molecule has 32 heavy (non-hydrogen) atoms. The highest BCUT2D eigenvalue weighted by Crippen LogP contribution is 2.33. The van der Waals surface area contributed by atoms with Gasteiger partial charge in [-0.15, -0.1) is 0 Å². The van der Waals surface area contributed by atoms with Crippen LogP contribution in [0.15, 0.2) is 60.8 Å². The maximum Gasteiger partial charge on any atom is 0.254 e. The van der Waals surface area contributed by atoms with E-state index in [0.717, 1.165) is 23.7 Å². The minimum absolute atomic E-state index is 0.0112. The van der Waals surface area contributed by atoms with Gasteiger partial charge in [-0.1, -0.05) is 12.1 Å². The molecule has 2 fully saturated rings. The lowest BCUT2D eigenvalue weighted by molar-refractivity contribution is -0.140. The van der Waals surface area contributed by atoms with E-state index in [9.17, 15) is 14.0 Å². The summed E-state index contributed by atoms with van der Waals surface area (Å²) in [4.78, 5) is 33.8. The first-order valence-electron chi connectivity index (χ1n) is 10.9. The molecule has 1 atom stereocenters. The zero-order valence-corrected chi connectivity index (χ0v) is 17.7. The minimum Gasteiger partial charge on any atom is -0.363 e. The van der Waals surface area contributed by atoms with Crippen LogP contribution in [0.2, 0.25) is 0 Å². The van der Waals surface area contributed by atoms with Crippen molar-refractivity contribution in [1.82, 2.24) is 9.88 Å². The summed E-state index contributed by atoms with van der Waals surface area (Å²) in [5.41, 5.74) is 1.60. The van der Waals surface area contributed by atoms with Gasteiger partial charge >= 0.3 is 0 Å². The molecule has 1 aromatic heterocycles. The second-order valence-electron chi connectivity index (χ2n) is 8.45. The van der Waals surface area contributed by atoms with Crippen LogP contribution in [0.3, 0.4) is 0 Å². The molecule has 0 saturated carbocycles. The molecule has 7 heteroatoms.